The van der Waals surface area contributed by atoms with E-state index in [0.717, 1.165) is 21.9 Å². The molecule has 0 saturated heterocycles. The molecule has 0 unspecified atom stereocenters. The fourth-order valence-corrected chi connectivity index (χ4v) is 2.82. The summed E-state index contributed by atoms with van der Waals surface area (Å²) < 4.78 is 1.04. The van der Waals surface area contributed by atoms with Gasteiger partial charge < -0.3 is 9.79 Å². The van der Waals surface area contributed by atoms with Gasteiger partial charge in [0.25, 0.3) is 0 Å². The summed E-state index contributed by atoms with van der Waals surface area (Å²) in [6, 6.07) is 7.46. The Morgan fingerprint density at radius 2 is 2.13 bits per heavy atom. The minimum absolute atomic E-state index is 0.275. The zero-order chi connectivity index (χ0) is 10.8. The maximum absolute atomic E-state index is 10.6. The van der Waals surface area contributed by atoms with Crippen LogP contribution in [-0.2, 0) is 6.16 Å². The summed E-state index contributed by atoms with van der Waals surface area (Å²) in [7, 11) is -1.90. The first-order valence-corrected chi connectivity index (χ1v) is 6.57. The summed E-state index contributed by atoms with van der Waals surface area (Å²) in [5.74, 6) is 0. The molecule has 3 nitrogen and oxygen atoms in total. The highest BCUT2D eigenvalue weighted by Gasteiger charge is 2.05. The van der Waals surface area contributed by atoms with Gasteiger partial charge in [-0.2, -0.15) is 0 Å². The number of thiophene rings is 1. The lowest BCUT2D eigenvalue weighted by Crippen LogP contribution is -1.81. The molecule has 2 aromatic rings. The van der Waals surface area contributed by atoms with Crippen molar-refractivity contribution in [3.05, 3.63) is 34.7 Å². The Morgan fingerprint density at radius 1 is 1.33 bits per heavy atom. The first-order chi connectivity index (χ1) is 7.19. The standard InChI is InChI=1S/C10H9O3PS/c11-5-9-4-8-3-7(6-14(12)13)1-2-10(8)15-9/h1-5,12-13H,6H2. The normalized spacial score (nSPS) is 11.1. The lowest BCUT2D eigenvalue weighted by atomic mass is 10.2. The highest BCUT2D eigenvalue weighted by molar-refractivity contribution is 7.44. The van der Waals surface area contributed by atoms with E-state index >= 15 is 0 Å². The van der Waals surface area contributed by atoms with E-state index in [1.54, 1.807) is 0 Å². The minimum atomic E-state index is -1.90. The molecule has 1 aromatic heterocycles. The lowest BCUT2D eigenvalue weighted by molar-refractivity contribution is 0.112. The van der Waals surface area contributed by atoms with E-state index in [2.05, 4.69) is 0 Å². The van der Waals surface area contributed by atoms with Gasteiger partial charge in [-0.05, 0) is 29.1 Å². The molecule has 1 aromatic carbocycles. The Morgan fingerprint density at radius 3 is 2.80 bits per heavy atom. The number of hydrogen-bond donors (Lipinski definition) is 2. The van der Waals surface area contributed by atoms with Crippen LogP contribution in [0.1, 0.15) is 15.2 Å². The third-order valence-corrected chi connectivity index (χ3v) is 3.73. The predicted octanol–water partition coefficient (Wildman–Crippen LogP) is 2.51. The molecule has 2 rings (SSSR count). The van der Waals surface area contributed by atoms with E-state index in [9.17, 15) is 4.79 Å². The maximum atomic E-state index is 10.6. The number of carbonyl (C=O) groups is 1. The van der Waals surface area contributed by atoms with Crippen LogP contribution in [0.15, 0.2) is 24.3 Å². The first-order valence-electron chi connectivity index (χ1n) is 4.32. The van der Waals surface area contributed by atoms with Crippen molar-refractivity contribution in [1.82, 2.24) is 0 Å². The summed E-state index contributed by atoms with van der Waals surface area (Å²) in [5.41, 5.74) is 0.883. The lowest BCUT2D eigenvalue weighted by Gasteiger charge is -2.01. The highest BCUT2D eigenvalue weighted by Crippen LogP contribution is 2.32. The van der Waals surface area contributed by atoms with Gasteiger partial charge in [-0.25, -0.2) is 0 Å². The van der Waals surface area contributed by atoms with Crippen LogP contribution in [-0.4, -0.2) is 16.1 Å². The topological polar surface area (TPSA) is 57.5 Å². The number of fused-ring (bicyclic) bond motifs is 1. The summed E-state index contributed by atoms with van der Waals surface area (Å²) in [6.07, 6.45) is 1.10. The zero-order valence-electron chi connectivity index (χ0n) is 7.75. The average Bonchev–Trinajstić information content (AvgIpc) is 2.58. The van der Waals surface area contributed by atoms with Gasteiger partial charge in [0.1, 0.15) is 0 Å². The van der Waals surface area contributed by atoms with E-state index in [1.807, 2.05) is 24.3 Å². The zero-order valence-corrected chi connectivity index (χ0v) is 9.46. The molecule has 0 atom stereocenters. The van der Waals surface area contributed by atoms with Crippen molar-refractivity contribution in [2.45, 2.75) is 6.16 Å². The van der Waals surface area contributed by atoms with Crippen LogP contribution in [0.25, 0.3) is 10.1 Å². The Balaban J connectivity index is 2.41. The molecule has 5 heteroatoms. The van der Waals surface area contributed by atoms with E-state index < -0.39 is 8.38 Å². The van der Waals surface area contributed by atoms with E-state index in [4.69, 9.17) is 9.79 Å². The SMILES string of the molecule is O=Cc1cc2cc(CP(O)O)ccc2s1. The second-order valence-corrected chi connectivity index (χ2v) is 5.35. The van der Waals surface area contributed by atoms with Gasteiger partial charge in [-0.3, -0.25) is 4.79 Å². The van der Waals surface area contributed by atoms with Gasteiger partial charge in [0.15, 0.2) is 14.7 Å². The van der Waals surface area contributed by atoms with Crippen molar-refractivity contribution in [2.75, 3.05) is 0 Å². The third kappa shape index (κ3) is 2.41. The monoisotopic (exact) mass is 240 g/mol. The van der Waals surface area contributed by atoms with Crippen molar-refractivity contribution in [1.29, 1.82) is 0 Å². The summed E-state index contributed by atoms with van der Waals surface area (Å²) >= 11 is 1.44. The van der Waals surface area contributed by atoms with Crippen LogP contribution in [0.2, 0.25) is 0 Å². The molecular formula is C10H9O3PS. The second-order valence-electron chi connectivity index (χ2n) is 3.17. The van der Waals surface area contributed by atoms with Crippen LogP contribution in [0.4, 0.5) is 0 Å². The highest BCUT2D eigenvalue weighted by atomic mass is 32.1. The van der Waals surface area contributed by atoms with Gasteiger partial charge in [0.2, 0.25) is 0 Å². The van der Waals surface area contributed by atoms with E-state index in [0.29, 0.717) is 4.88 Å². The van der Waals surface area contributed by atoms with Crippen molar-refractivity contribution in [2.24, 2.45) is 0 Å². The fraction of sp³-hybridized carbons (Fsp3) is 0.100. The number of rotatable bonds is 3. The minimum Gasteiger partial charge on any atom is -0.350 e. The molecule has 0 bridgehead atoms. The molecule has 0 fully saturated rings. The molecule has 1 heterocycles. The largest absolute Gasteiger partial charge is 0.350 e. The Kier molecular flexibility index (Phi) is 3.12. The van der Waals surface area contributed by atoms with Crippen LogP contribution < -0.4 is 0 Å². The number of benzene rings is 1. The number of aldehydes is 1. The van der Waals surface area contributed by atoms with Crippen molar-refractivity contribution < 1.29 is 14.6 Å². The molecule has 0 radical (unpaired) electrons. The maximum Gasteiger partial charge on any atom is 0.169 e. The van der Waals surface area contributed by atoms with E-state index in [1.165, 1.54) is 11.3 Å². The van der Waals surface area contributed by atoms with Gasteiger partial charge in [0, 0.05) is 10.9 Å². The van der Waals surface area contributed by atoms with Crippen LogP contribution in [0, 0.1) is 0 Å². The average molecular weight is 240 g/mol. The molecule has 0 aliphatic heterocycles. The van der Waals surface area contributed by atoms with Gasteiger partial charge >= 0.3 is 0 Å². The number of hydrogen-bond acceptors (Lipinski definition) is 4. The van der Waals surface area contributed by atoms with Gasteiger partial charge in [-0.1, -0.05) is 6.07 Å². The fourth-order valence-electron chi connectivity index (χ4n) is 1.43. The van der Waals surface area contributed by atoms with Gasteiger partial charge in [0.05, 0.1) is 4.88 Å². The summed E-state index contributed by atoms with van der Waals surface area (Å²) in [4.78, 5) is 29.1. The van der Waals surface area contributed by atoms with Crippen molar-refractivity contribution >= 4 is 36.1 Å². The molecule has 0 aliphatic carbocycles. The quantitative estimate of drug-likeness (QED) is 0.640. The van der Waals surface area contributed by atoms with E-state index in [-0.39, 0.29) is 6.16 Å². The molecule has 0 amide bonds. The van der Waals surface area contributed by atoms with Crippen LogP contribution >= 0.6 is 19.7 Å². The smallest absolute Gasteiger partial charge is 0.169 e. The molecule has 0 aliphatic rings. The molecular weight excluding hydrogens is 231 g/mol. The summed E-state index contributed by atoms with van der Waals surface area (Å²) in [6.45, 7) is 0. The van der Waals surface area contributed by atoms with Crippen LogP contribution in [0.5, 0.6) is 0 Å². The molecule has 0 saturated carbocycles. The first kappa shape index (κ1) is 10.7. The predicted molar refractivity (Wildman–Crippen MR) is 62.3 cm³/mol. The number of carbonyl (C=O) groups excluding carboxylic acids is 1. The van der Waals surface area contributed by atoms with Gasteiger partial charge in [-0.15, -0.1) is 11.3 Å². The van der Waals surface area contributed by atoms with Crippen LogP contribution in [0.3, 0.4) is 0 Å². The van der Waals surface area contributed by atoms with Crippen molar-refractivity contribution in [3.8, 4) is 0 Å². The summed E-state index contributed by atoms with van der Waals surface area (Å²) in [5, 5.41) is 0.983. The molecule has 78 valence electrons. The Labute approximate surface area is 91.9 Å². The molecule has 0 spiro atoms. The Hall–Kier alpha value is -0.800. The van der Waals surface area contributed by atoms with Crippen molar-refractivity contribution in [3.63, 3.8) is 0 Å². The molecule has 2 N–H and O–H groups in total. The Bertz CT molecular complexity index is 492. The third-order valence-electron chi connectivity index (χ3n) is 2.04. The second kappa shape index (κ2) is 4.37. The molecule has 15 heavy (non-hydrogen) atoms.